The van der Waals surface area contributed by atoms with Crippen LogP contribution in [-0.4, -0.2) is 25.0 Å². The molecule has 0 bridgehead atoms. The lowest BCUT2D eigenvalue weighted by Crippen LogP contribution is -2.45. The topological polar surface area (TPSA) is 41.1 Å². The smallest absolute Gasteiger partial charge is 0.252 e. The number of benzene rings is 1. The molecule has 1 fully saturated rings. The van der Waals surface area contributed by atoms with Gasteiger partial charge in [0.25, 0.3) is 5.91 Å². The predicted octanol–water partition coefficient (Wildman–Crippen LogP) is 2.43. The Balaban J connectivity index is 2.05. The molecule has 1 aromatic rings. The van der Waals surface area contributed by atoms with Gasteiger partial charge in [-0.1, -0.05) is 11.6 Å². The summed E-state index contributed by atoms with van der Waals surface area (Å²) in [6, 6.07) is 5.60. The average molecular weight is 365 g/mol. The van der Waals surface area contributed by atoms with E-state index in [1.165, 1.54) is 0 Å². The fraction of sp³-hybridized carbons (Fsp3) is 0.417. The normalized spacial score (nSPS) is 20.0. The summed E-state index contributed by atoms with van der Waals surface area (Å²) >= 11 is 8.06. The second kappa shape index (κ2) is 6.02. The van der Waals surface area contributed by atoms with Gasteiger partial charge >= 0.3 is 0 Å². The number of rotatable bonds is 2. The van der Waals surface area contributed by atoms with Crippen LogP contribution in [0.15, 0.2) is 18.2 Å². The molecule has 5 heteroatoms. The molecule has 1 saturated heterocycles. The van der Waals surface area contributed by atoms with Gasteiger partial charge in [-0.15, -0.1) is 0 Å². The molecule has 2 rings (SSSR count). The molecule has 17 heavy (non-hydrogen) atoms. The molecule has 0 aromatic heterocycles. The number of piperidine rings is 1. The van der Waals surface area contributed by atoms with Crippen molar-refractivity contribution in [2.45, 2.75) is 18.9 Å². The van der Waals surface area contributed by atoms with Crippen molar-refractivity contribution in [1.82, 2.24) is 10.6 Å². The lowest BCUT2D eigenvalue weighted by atomic mass is 10.1. The van der Waals surface area contributed by atoms with Gasteiger partial charge in [0, 0.05) is 21.2 Å². The molecular formula is C12H14ClIN2O. The van der Waals surface area contributed by atoms with Crippen molar-refractivity contribution < 1.29 is 4.79 Å². The molecule has 1 aliphatic rings. The van der Waals surface area contributed by atoms with E-state index in [-0.39, 0.29) is 11.9 Å². The highest BCUT2D eigenvalue weighted by atomic mass is 127. The first kappa shape index (κ1) is 13.1. The van der Waals surface area contributed by atoms with Gasteiger partial charge in [-0.05, 0) is 60.2 Å². The Hall–Kier alpha value is -0.330. The highest BCUT2D eigenvalue weighted by Crippen LogP contribution is 2.18. The van der Waals surface area contributed by atoms with Gasteiger partial charge in [-0.3, -0.25) is 4.79 Å². The third kappa shape index (κ3) is 3.56. The zero-order valence-electron chi connectivity index (χ0n) is 9.30. The Labute approximate surface area is 119 Å². The number of nitrogens with one attached hydrogen (secondary N) is 2. The average Bonchev–Trinajstić information content (AvgIpc) is 2.33. The number of halogens is 2. The van der Waals surface area contributed by atoms with Gasteiger partial charge in [0.15, 0.2) is 0 Å². The van der Waals surface area contributed by atoms with Crippen LogP contribution in [0, 0.1) is 3.57 Å². The number of carbonyl (C=O) groups is 1. The summed E-state index contributed by atoms with van der Waals surface area (Å²) in [7, 11) is 0. The monoisotopic (exact) mass is 364 g/mol. The van der Waals surface area contributed by atoms with Gasteiger partial charge < -0.3 is 10.6 Å². The van der Waals surface area contributed by atoms with Crippen LogP contribution in [0.25, 0.3) is 0 Å². The lowest BCUT2D eigenvalue weighted by molar-refractivity contribution is 0.0930. The summed E-state index contributed by atoms with van der Waals surface area (Å²) in [6.07, 6.45) is 2.15. The third-order valence-electron chi connectivity index (χ3n) is 2.81. The van der Waals surface area contributed by atoms with E-state index in [0.29, 0.717) is 10.6 Å². The van der Waals surface area contributed by atoms with Crippen molar-refractivity contribution in [3.8, 4) is 0 Å². The van der Waals surface area contributed by atoms with Crippen molar-refractivity contribution >= 4 is 40.1 Å². The maximum Gasteiger partial charge on any atom is 0.252 e. The minimum absolute atomic E-state index is 0.0365. The molecule has 3 nitrogen and oxygen atoms in total. The van der Waals surface area contributed by atoms with Crippen molar-refractivity contribution in [2.24, 2.45) is 0 Å². The predicted molar refractivity (Wildman–Crippen MR) is 77.5 cm³/mol. The summed E-state index contributed by atoms with van der Waals surface area (Å²) in [6.45, 7) is 1.89. The molecular weight excluding hydrogens is 351 g/mol. The summed E-state index contributed by atoms with van der Waals surface area (Å²) in [5.74, 6) is -0.0365. The van der Waals surface area contributed by atoms with Gasteiger partial charge in [-0.2, -0.15) is 0 Å². The van der Waals surface area contributed by atoms with Crippen LogP contribution in [-0.2, 0) is 0 Å². The zero-order valence-corrected chi connectivity index (χ0v) is 12.2. The van der Waals surface area contributed by atoms with Crippen LogP contribution < -0.4 is 10.6 Å². The standard InChI is InChI=1S/C12H14ClIN2O/c13-8-3-4-11(14)10(6-8)12(17)16-9-2-1-5-15-7-9/h3-4,6,9,15H,1-2,5,7H2,(H,16,17)/t9-/m1/s1. The first-order valence-electron chi connectivity index (χ1n) is 5.63. The fourth-order valence-electron chi connectivity index (χ4n) is 1.91. The van der Waals surface area contributed by atoms with E-state index >= 15 is 0 Å². The van der Waals surface area contributed by atoms with Crippen LogP contribution in [0.1, 0.15) is 23.2 Å². The molecule has 92 valence electrons. The molecule has 0 radical (unpaired) electrons. The molecule has 1 amide bonds. The Morgan fingerprint density at radius 1 is 1.53 bits per heavy atom. The van der Waals surface area contributed by atoms with Gasteiger partial charge in [0.05, 0.1) is 5.56 Å². The van der Waals surface area contributed by atoms with Crippen molar-refractivity contribution in [3.63, 3.8) is 0 Å². The minimum atomic E-state index is -0.0365. The molecule has 1 aliphatic heterocycles. The first-order chi connectivity index (χ1) is 8.16. The van der Waals surface area contributed by atoms with Crippen molar-refractivity contribution in [1.29, 1.82) is 0 Å². The van der Waals surface area contributed by atoms with Gasteiger partial charge in [0.2, 0.25) is 0 Å². The third-order valence-corrected chi connectivity index (χ3v) is 3.98. The quantitative estimate of drug-likeness (QED) is 0.792. The van der Waals surface area contributed by atoms with Crippen LogP contribution in [0.2, 0.25) is 5.02 Å². The number of amides is 1. The van der Waals surface area contributed by atoms with E-state index in [2.05, 4.69) is 33.2 Å². The summed E-state index contributed by atoms with van der Waals surface area (Å²) in [5.41, 5.74) is 0.656. The SMILES string of the molecule is O=C(N[C@@H]1CCCNC1)c1cc(Cl)ccc1I. The van der Waals surface area contributed by atoms with E-state index in [9.17, 15) is 4.79 Å². The number of hydrogen-bond donors (Lipinski definition) is 2. The van der Waals surface area contributed by atoms with E-state index in [1.807, 2.05) is 6.07 Å². The molecule has 0 unspecified atom stereocenters. The fourth-order valence-corrected chi connectivity index (χ4v) is 2.66. The van der Waals surface area contributed by atoms with E-state index in [0.717, 1.165) is 29.5 Å². The van der Waals surface area contributed by atoms with Crippen LogP contribution in [0.4, 0.5) is 0 Å². The summed E-state index contributed by atoms with van der Waals surface area (Å²) < 4.78 is 0.924. The van der Waals surface area contributed by atoms with E-state index in [1.54, 1.807) is 12.1 Å². The Morgan fingerprint density at radius 2 is 2.35 bits per heavy atom. The molecule has 0 aliphatic carbocycles. The highest BCUT2D eigenvalue weighted by molar-refractivity contribution is 14.1. The summed E-state index contributed by atoms with van der Waals surface area (Å²) in [5, 5.41) is 6.91. The maximum atomic E-state index is 12.1. The van der Waals surface area contributed by atoms with Crippen LogP contribution in [0.5, 0.6) is 0 Å². The first-order valence-corrected chi connectivity index (χ1v) is 7.09. The molecule has 2 N–H and O–H groups in total. The Morgan fingerprint density at radius 3 is 3.06 bits per heavy atom. The Kier molecular flexibility index (Phi) is 4.64. The number of carbonyl (C=O) groups excluding carboxylic acids is 1. The van der Waals surface area contributed by atoms with Crippen molar-refractivity contribution in [2.75, 3.05) is 13.1 Å². The van der Waals surface area contributed by atoms with Crippen LogP contribution in [0.3, 0.4) is 0 Å². The van der Waals surface area contributed by atoms with Gasteiger partial charge in [-0.25, -0.2) is 0 Å². The largest absolute Gasteiger partial charge is 0.348 e. The molecule has 1 atom stereocenters. The van der Waals surface area contributed by atoms with Crippen LogP contribution >= 0.6 is 34.2 Å². The molecule has 1 heterocycles. The summed E-state index contributed by atoms with van der Waals surface area (Å²) in [4.78, 5) is 12.1. The van der Waals surface area contributed by atoms with Gasteiger partial charge in [0.1, 0.15) is 0 Å². The lowest BCUT2D eigenvalue weighted by Gasteiger charge is -2.24. The van der Waals surface area contributed by atoms with E-state index < -0.39 is 0 Å². The maximum absolute atomic E-state index is 12.1. The highest BCUT2D eigenvalue weighted by Gasteiger charge is 2.17. The van der Waals surface area contributed by atoms with Crippen molar-refractivity contribution in [3.05, 3.63) is 32.4 Å². The second-order valence-corrected chi connectivity index (χ2v) is 5.74. The zero-order chi connectivity index (χ0) is 12.3. The molecule has 0 saturated carbocycles. The van der Waals surface area contributed by atoms with E-state index in [4.69, 9.17) is 11.6 Å². The minimum Gasteiger partial charge on any atom is -0.348 e. The number of hydrogen-bond acceptors (Lipinski definition) is 2. The Bertz CT molecular complexity index is 419. The molecule has 1 aromatic carbocycles. The molecule has 0 spiro atoms. The second-order valence-electron chi connectivity index (χ2n) is 4.14.